The molecular formula is C15H21N3. The van der Waals surface area contributed by atoms with Crippen LogP contribution in [0.25, 0.3) is 11.0 Å². The van der Waals surface area contributed by atoms with E-state index in [2.05, 4.69) is 35.9 Å². The van der Waals surface area contributed by atoms with Crippen molar-refractivity contribution >= 4 is 11.0 Å². The first-order chi connectivity index (χ1) is 8.50. The minimum Gasteiger partial charge on any atom is -0.342 e. The number of fused-ring (bicyclic) bond motifs is 1. The van der Waals surface area contributed by atoms with Crippen molar-refractivity contribution in [1.29, 1.82) is 0 Å². The molecule has 96 valence electrons. The monoisotopic (exact) mass is 243 g/mol. The maximum absolute atomic E-state index is 6.28. The number of nitrogens with one attached hydrogen (secondary N) is 1. The van der Waals surface area contributed by atoms with Crippen LogP contribution in [0.5, 0.6) is 0 Å². The summed E-state index contributed by atoms with van der Waals surface area (Å²) in [7, 11) is 0. The molecule has 2 aromatic rings. The van der Waals surface area contributed by atoms with Gasteiger partial charge in [-0.25, -0.2) is 4.98 Å². The average Bonchev–Trinajstić information content (AvgIpc) is 3.00. The molecule has 0 radical (unpaired) electrons. The van der Waals surface area contributed by atoms with E-state index in [1.165, 1.54) is 12.8 Å². The third-order valence-electron chi connectivity index (χ3n) is 4.50. The van der Waals surface area contributed by atoms with Crippen molar-refractivity contribution in [3.8, 4) is 0 Å². The summed E-state index contributed by atoms with van der Waals surface area (Å²) in [5.74, 6) is 1.09. The summed E-state index contributed by atoms with van der Waals surface area (Å²) in [5, 5.41) is 0. The highest BCUT2D eigenvalue weighted by atomic mass is 14.9. The molecule has 1 aromatic carbocycles. The Balaban J connectivity index is 1.74. The van der Waals surface area contributed by atoms with Gasteiger partial charge in [-0.15, -0.1) is 0 Å². The maximum Gasteiger partial charge on any atom is 0.107 e. The van der Waals surface area contributed by atoms with Crippen molar-refractivity contribution in [2.24, 2.45) is 11.1 Å². The van der Waals surface area contributed by atoms with Gasteiger partial charge in [-0.2, -0.15) is 0 Å². The van der Waals surface area contributed by atoms with E-state index < -0.39 is 0 Å². The molecule has 3 N–H and O–H groups in total. The SMILES string of the molecule is CC(C)(N)C1(CCc2nc3ccccc3[nH]2)CC1. The molecule has 1 saturated carbocycles. The lowest BCUT2D eigenvalue weighted by Crippen LogP contribution is -2.42. The van der Waals surface area contributed by atoms with E-state index in [0.29, 0.717) is 5.41 Å². The number of aryl methyl sites for hydroxylation is 1. The van der Waals surface area contributed by atoms with Gasteiger partial charge in [0.05, 0.1) is 11.0 Å². The number of para-hydroxylation sites is 2. The molecule has 18 heavy (non-hydrogen) atoms. The van der Waals surface area contributed by atoms with Crippen molar-refractivity contribution in [2.45, 2.75) is 45.1 Å². The van der Waals surface area contributed by atoms with Gasteiger partial charge in [0.25, 0.3) is 0 Å². The van der Waals surface area contributed by atoms with Crippen LogP contribution in [0.1, 0.15) is 38.9 Å². The van der Waals surface area contributed by atoms with E-state index in [-0.39, 0.29) is 5.54 Å². The molecule has 3 heteroatoms. The van der Waals surface area contributed by atoms with Crippen molar-refractivity contribution in [1.82, 2.24) is 9.97 Å². The fourth-order valence-corrected chi connectivity index (χ4v) is 2.85. The molecule has 0 unspecified atom stereocenters. The molecule has 1 aliphatic rings. The van der Waals surface area contributed by atoms with Crippen LogP contribution >= 0.6 is 0 Å². The average molecular weight is 243 g/mol. The number of aromatic amines is 1. The Bertz CT molecular complexity index is 525. The van der Waals surface area contributed by atoms with Gasteiger partial charge in [0, 0.05) is 12.0 Å². The molecule has 3 rings (SSSR count). The number of aromatic nitrogens is 2. The lowest BCUT2D eigenvalue weighted by Gasteiger charge is -2.30. The normalized spacial score (nSPS) is 18.2. The highest BCUT2D eigenvalue weighted by Crippen LogP contribution is 2.56. The lowest BCUT2D eigenvalue weighted by atomic mass is 9.81. The molecule has 1 heterocycles. The van der Waals surface area contributed by atoms with Crippen LogP contribution < -0.4 is 5.73 Å². The minimum absolute atomic E-state index is 0.0704. The third-order valence-corrected chi connectivity index (χ3v) is 4.50. The van der Waals surface area contributed by atoms with Crippen LogP contribution in [-0.2, 0) is 6.42 Å². The molecule has 0 aliphatic heterocycles. The summed E-state index contributed by atoms with van der Waals surface area (Å²) in [5.41, 5.74) is 8.74. The van der Waals surface area contributed by atoms with E-state index >= 15 is 0 Å². The fourth-order valence-electron chi connectivity index (χ4n) is 2.85. The Labute approximate surface area is 108 Å². The Hall–Kier alpha value is -1.35. The summed E-state index contributed by atoms with van der Waals surface area (Å²) in [6.45, 7) is 4.30. The number of nitrogens with two attached hydrogens (primary N) is 1. The summed E-state index contributed by atoms with van der Waals surface area (Å²) < 4.78 is 0. The first-order valence-corrected chi connectivity index (χ1v) is 6.73. The highest BCUT2D eigenvalue weighted by molar-refractivity contribution is 5.74. The fraction of sp³-hybridized carbons (Fsp3) is 0.533. The highest BCUT2D eigenvalue weighted by Gasteiger charge is 2.51. The van der Waals surface area contributed by atoms with E-state index in [0.717, 1.165) is 29.7 Å². The van der Waals surface area contributed by atoms with Crippen molar-refractivity contribution in [3.05, 3.63) is 30.1 Å². The molecule has 0 amide bonds. The van der Waals surface area contributed by atoms with Gasteiger partial charge in [-0.05, 0) is 50.7 Å². The molecule has 0 atom stereocenters. The number of benzene rings is 1. The van der Waals surface area contributed by atoms with E-state index in [9.17, 15) is 0 Å². The Kier molecular flexibility index (Phi) is 2.49. The molecule has 1 aromatic heterocycles. The quantitative estimate of drug-likeness (QED) is 0.867. The van der Waals surface area contributed by atoms with Crippen LogP contribution in [0, 0.1) is 5.41 Å². The van der Waals surface area contributed by atoms with Gasteiger partial charge >= 0.3 is 0 Å². The predicted molar refractivity (Wildman–Crippen MR) is 74.3 cm³/mol. The molecule has 3 nitrogen and oxygen atoms in total. The van der Waals surface area contributed by atoms with Crippen LogP contribution in [0.4, 0.5) is 0 Å². The van der Waals surface area contributed by atoms with E-state index in [1.54, 1.807) is 0 Å². The number of hydrogen-bond acceptors (Lipinski definition) is 2. The second-order valence-corrected chi connectivity index (χ2v) is 6.20. The molecular weight excluding hydrogens is 222 g/mol. The zero-order valence-electron chi connectivity index (χ0n) is 11.2. The minimum atomic E-state index is -0.0704. The second-order valence-electron chi connectivity index (χ2n) is 6.20. The Morgan fingerprint density at radius 2 is 2.06 bits per heavy atom. The molecule has 0 saturated heterocycles. The van der Waals surface area contributed by atoms with Gasteiger partial charge in [0.15, 0.2) is 0 Å². The molecule has 0 bridgehead atoms. The third kappa shape index (κ3) is 1.93. The number of H-pyrrole nitrogens is 1. The van der Waals surface area contributed by atoms with Crippen molar-refractivity contribution in [2.75, 3.05) is 0 Å². The van der Waals surface area contributed by atoms with E-state index in [1.807, 2.05) is 12.1 Å². The number of hydrogen-bond donors (Lipinski definition) is 2. The van der Waals surface area contributed by atoms with Gasteiger partial charge in [0.1, 0.15) is 5.82 Å². The van der Waals surface area contributed by atoms with Crippen LogP contribution in [0.3, 0.4) is 0 Å². The molecule has 1 fully saturated rings. The Morgan fingerprint density at radius 1 is 1.33 bits per heavy atom. The molecule has 0 spiro atoms. The zero-order valence-corrected chi connectivity index (χ0v) is 11.2. The largest absolute Gasteiger partial charge is 0.342 e. The van der Waals surface area contributed by atoms with Gasteiger partial charge < -0.3 is 10.7 Å². The van der Waals surface area contributed by atoms with Crippen LogP contribution in [0.2, 0.25) is 0 Å². The number of nitrogens with zero attached hydrogens (tertiary/aromatic N) is 1. The van der Waals surface area contributed by atoms with Gasteiger partial charge in [0.2, 0.25) is 0 Å². The summed E-state index contributed by atoms with van der Waals surface area (Å²) in [6.07, 6.45) is 4.65. The first-order valence-electron chi connectivity index (χ1n) is 6.73. The molecule has 1 aliphatic carbocycles. The van der Waals surface area contributed by atoms with Gasteiger partial charge in [-0.3, -0.25) is 0 Å². The lowest BCUT2D eigenvalue weighted by molar-refractivity contribution is 0.274. The van der Waals surface area contributed by atoms with Crippen LogP contribution in [-0.4, -0.2) is 15.5 Å². The number of imidazole rings is 1. The summed E-state index contributed by atoms with van der Waals surface area (Å²) in [4.78, 5) is 8.02. The standard InChI is InChI=1S/C15H21N3/c1-14(2,16)15(9-10-15)8-7-13-17-11-5-3-4-6-12(11)18-13/h3-6H,7-10,16H2,1-2H3,(H,17,18). The smallest absolute Gasteiger partial charge is 0.107 e. The van der Waals surface area contributed by atoms with Crippen molar-refractivity contribution in [3.63, 3.8) is 0 Å². The zero-order chi connectivity index (χ0) is 12.8. The van der Waals surface area contributed by atoms with E-state index in [4.69, 9.17) is 5.73 Å². The second kappa shape index (κ2) is 3.82. The maximum atomic E-state index is 6.28. The summed E-state index contributed by atoms with van der Waals surface area (Å²) >= 11 is 0. The van der Waals surface area contributed by atoms with Crippen molar-refractivity contribution < 1.29 is 0 Å². The summed E-state index contributed by atoms with van der Waals surface area (Å²) in [6, 6.07) is 8.19. The number of rotatable bonds is 4. The Morgan fingerprint density at radius 3 is 2.67 bits per heavy atom. The van der Waals surface area contributed by atoms with Crippen LogP contribution in [0.15, 0.2) is 24.3 Å². The topological polar surface area (TPSA) is 54.7 Å². The predicted octanol–water partition coefficient (Wildman–Crippen LogP) is 3.01. The first kappa shape index (κ1) is 11.7. The van der Waals surface area contributed by atoms with Gasteiger partial charge in [-0.1, -0.05) is 12.1 Å².